The van der Waals surface area contributed by atoms with Crippen molar-refractivity contribution in [3.63, 3.8) is 0 Å². The number of hydrogen-bond donors (Lipinski definition) is 3. The van der Waals surface area contributed by atoms with Gasteiger partial charge in [0.1, 0.15) is 5.25 Å². The minimum Gasteiger partial charge on any atom is -0.480 e. The van der Waals surface area contributed by atoms with Crippen LogP contribution in [0.4, 0.5) is 15.6 Å². The Morgan fingerprint density at radius 2 is 2.06 bits per heavy atom. The van der Waals surface area contributed by atoms with E-state index in [0.29, 0.717) is 33.1 Å². The highest BCUT2D eigenvalue weighted by molar-refractivity contribution is 8.02. The van der Waals surface area contributed by atoms with E-state index in [4.69, 9.17) is 5.11 Å². The first kappa shape index (κ1) is 23.1. The van der Waals surface area contributed by atoms with Crippen LogP contribution in [0.25, 0.3) is 0 Å². The van der Waals surface area contributed by atoms with Crippen molar-refractivity contribution < 1.29 is 19.5 Å². The van der Waals surface area contributed by atoms with Crippen molar-refractivity contribution in [2.45, 2.75) is 42.1 Å². The molecule has 1 aliphatic carbocycles. The molecule has 1 aromatic carbocycles. The summed E-state index contributed by atoms with van der Waals surface area (Å²) in [5.41, 5.74) is 1.14. The molecule has 0 radical (unpaired) electrons. The zero-order chi connectivity index (χ0) is 22.4. The van der Waals surface area contributed by atoms with Gasteiger partial charge in [-0.15, -0.1) is 0 Å². The van der Waals surface area contributed by atoms with Crippen LogP contribution >= 0.6 is 23.1 Å². The maximum absolute atomic E-state index is 13.2. The van der Waals surface area contributed by atoms with E-state index >= 15 is 0 Å². The maximum atomic E-state index is 13.2. The number of thiazole rings is 1. The average Bonchev–Trinajstić information content (AvgIpc) is 3.43. The van der Waals surface area contributed by atoms with Gasteiger partial charge in [-0.05, 0) is 43.9 Å². The molecule has 8 nitrogen and oxygen atoms in total. The first-order valence-corrected chi connectivity index (χ1v) is 11.8. The molecule has 1 saturated carbocycles. The lowest BCUT2D eigenvalue weighted by atomic mass is 10.1. The van der Waals surface area contributed by atoms with Crippen molar-refractivity contribution in [1.82, 2.24) is 10.3 Å². The largest absolute Gasteiger partial charge is 0.480 e. The topological polar surface area (TPSA) is 112 Å². The van der Waals surface area contributed by atoms with E-state index in [9.17, 15) is 14.4 Å². The Morgan fingerprint density at radius 1 is 1.32 bits per heavy atom. The number of rotatable bonds is 8. The summed E-state index contributed by atoms with van der Waals surface area (Å²) in [5, 5.41) is 14.3. The van der Waals surface area contributed by atoms with Gasteiger partial charge >= 0.3 is 12.0 Å². The molecule has 0 spiro atoms. The Kier molecular flexibility index (Phi) is 7.91. The molecular formula is C21H26N4O4S2. The van der Waals surface area contributed by atoms with Crippen molar-refractivity contribution in [1.29, 1.82) is 0 Å². The predicted molar refractivity (Wildman–Crippen MR) is 123 cm³/mol. The molecule has 0 bridgehead atoms. The number of carboxylic acid groups (broad SMARTS) is 1. The molecule has 10 heteroatoms. The van der Waals surface area contributed by atoms with Gasteiger partial charge in [0.15, 0.2) is 5.13 Å². The number of carboxylic acids is 1. The van der Waals surface area contributed by atoms with E-state index in [-0.39, 0.29) is 11.9 Å². The number of amides is 3. The third-order valence-electron chi connectivity index (χ3n) is 5.15. The summed E-state index contributed by atoms with van der Waals surface area (Å²) in [6.45, 7) is 2.17. The van der Waals surface area contributed by atoms with E-state index in [1.165, 1.54) is 23.1 Å². The van der Waals surface area contributed by atoms with E-state index in [2.05, 4.69) is 15.6 Å². The van der Waals surface area contributed by atoms with Crippen LogP contribution in [0, 0.1) is 5.92 Å². The zero-order valence-corrected chi connectivity index (χ0v) is 19.1. The van der Waals surface area contributed by atoms with Gasteiger partial charge < -0.3 is 10.4 Å². The van der Waals surface area contributed by atoms with E-state index in [1.807, 2.05) is 6.07 Å². The molecule has 3 amide bonds. The van der Waals surface area contributed by atoms with Gasteiger partial charge in [-0.3, -0.25) is 19.8 Å². The van der Waals surface area contributed by atoms with Crippen molar-refractivity contribution >= 4 is 51.8 Å². The summed E-state index contributed by atoms with van der Waals surface area (Å²) in [4.78, 5) is 42.2. The second kappa shape index (κ2) is 10.6. The predicted octanol–water partition coefficient (Wildman–Crippen LogP) is 4.30. The second-order valence-electron chi connectivity index (χ2n) is 7.40. The van der Waals surface area contributed by atoms with Gasteiger partial charge in [-0.2, -0.15) is 0 Å². The van der Waals surface area contributed by atoms with Gasteiger partial charge in [-0.1, -0.05) is 42.0 Å². The highest BCUT2D eigenvalue weighted by Gasteiger charge is 2.25. The lowest BCUT2D eigenvalue weighted by molar-refractivity contribution is -0.136. The molecule has 1 heterocycles. The summed E-state index contributed by atoms with van der Waals surface area (Å²) < 4.78 is 0.717. The second-order valence-corrected chi connectivity index (χ2v) is 10.1. The molecule has 1 fully saturated rings. The normalized spacial score (nSPS) is 14.8. The van der Waals surface area contributed by atoms with Crippen molar-refractivity contribution in [3.05, 3.63) is 36.0 Å². The number of aromatic nitrogens is 1. The van der Waals surface area contributed by atoms with Gasteiger partial charge in [0.25, 0.3) is 5.91 Å². The van der Waals surface area contributed by atoms with E-state index in [0.717, 1.165) is 25.7 Å². The first-order valence-electron chi connectivity index (χ1n) is 10.1. The summed E-state index contributed by atoms with van der Waals surface area (Å²) in [5.74, 6) is -0.701. The molecule has 1 atom stereocenters. The van der Waals surface area contributed by atoms with E-state index < -0.39 is 11.2 Å². The van der Waals surface area contributed by atoms with Crippen LogP contribution in [-0.4, -0.2) is 46.8 Å². The Morgan fingerprint density at radius 3 is 2.74 bits per heavy atom. The highest BCUT2D eigenvalue weighted by Crippen LogP contribution is 2.32. The minimum atomic E-state index is -0.900. The Bertz CT molecular complexity index is 943. The number of anilines is 2. The quantitative estimate of drug-likeness (QED) is 0.505. The summed E-state index contributed by atoms with van der Waals surface area (Å²) in [6, 6.07) is 6.68. The Hall–Kier alpha value is -2.59. The van der Waals surface area contributed by atoms with Crippen LogP contribution in [0.15, 0.2) is 34.7 Å². The maximum Gasteiger partial charge on any atom is 0.328 e. The smallest absolute Gasteiger partial charge is 0.328 e. The molecule has 3 N–H and O–H groups in total. The van der Waals surface area contributed by atoms with Crippen LogP contribution in [0.2, 0.25) is 0 Å². The van der Waals surface area contributed by atoms with Crippen LogP contribution in [0.3, 0.4) is 0 Å². The number of urea groups is 1. The molecule has 166 valence electrons. The molecular weight excluding hydrogens is 436 g/mol. The van der Waals surface area contributed by atoms with Gasteiger partial charge in [-0.25, -0.2) is 9.78 Å². The number of nitrogens with one attached hydrogen (secondary N) is 2. The molecule has 3 rings (SSSR count). The lowest BCUT2D eigenvalue weighted by Gasteiger charge is -2.26. The lowest BCUT2D eigenvalue weighted by Crippen LogP contribution is -2.38. The van der Waals surface area contributed by atoms with Crippen LogP contribution in [0.1, 0.15) is 43.0 Å². The number of aliphatic carboxylic acids is 1. The fourth-order valence-corrected chi connectivity index (χ4v) is 5.44. The van der Waals surface area contributed by atoms with Gasteiger partial charge in [0.2, 0.25) is 0 Å². The summed E-state index contributed by atoms with van der Waals surface area (Å²) in [6.07, 6.45) is 6.03. The molecule has 1 unspecified atom stereocenters. The highest BCUT2D eigenvalue weighted by atomic mass is 32.2. The number of nitrogens with zero attached hydrogens (tertiary/aromatic N) is 2. The average molecular weight is 463 g/mol. The number of benzene rings is 1. The van der Waals surface area contributed by atoms with Crippen LogP contribution in [-0.2, 0) is 4.79 Å². The molecule has 1 aromatic heterocycles. The van der Waals surface area contributed by atoms with Crippen molar-refractivity contribution in [3.8, 4) is 0 Å². The summed E-state index contributed by atoms with van der Waals surface area (Å²) >= 11 is 2.43. The third-order valence-corrected chi connectivity index (χ3v) is 7.29. The van der Waals surface area contributed by atoms with Crippen LogP contribution < -0.4 is 15.5 Å². The standard InChI is InChI=1S/C21H26N4O4S2/c1-13(19(27)28)30-17-11-23-20(31-17)24-21(29)25(12-14-6-3-4-7-14)16-9-5-8-15(10-16)18(26)22-2/h5,8-11,13-14H,3-4,6-7,12H2,1-2H3,(H,22,26)(H,27,28)(H,23,24,29). The number of thioether (sulfide) groups is 1. The fraction of sp³-hybridized carbons (Fsp3) is 0.429. The van der Waals surface area contributed by atoms with Crippen molar-refractivity contribution in [2.75, 3.05) is 23.8 Å². The number of carbonyl (C=O) groups is 3. The fourth-order valence-electron chi connectivity index (χ4n) is 3.47. The van der Waals surface area contributed by atoms with Gasteiger partial charge in [0, 0.05) is 24.8 Å². The number of hydrogen-bond acceptors (Lipinski definition) is 6. The van der Waals surface area contributed by atoms with Crippen LogP contribution in [0.5, 0.6) is 0 Å². The minimum absolute atomic E-state index is 0.211. The zero-order valence-electron chi connectivity index (χ0n) is 17.5. The molecule has 31 heavy (non-hydrogen) atoms. The molecule has 1 aliphatic rings. The van der Waals surface area contributed by atoms with Crippen molar-refractivity contribution in [2.24, 2.45) is 5.92 Å². The SMILES string of the molecule is CNC(=O)c1cccc(N(CC2CCCC2)C(=O)Nc2ncc(SC(C)C(=O)O)s2)c1. The molecule has 0 aliphatic heterocycles. The Labute approximate surface area is 189 Å². The first-order chi connectivity index (χ1) is 14.9. The van der Waals surface area contributed by atoms with E-state index in [1.54, 1.807) is 43.3 Å². The third kappa shape index (κ3) is 6.20. The summed E-state index contributed by atoms with van der Waals surface area (Å²) in [7, 11) is 1.57. The molecule has 0 saturated heterocycles. The number of carbonyl (C=O) groups excluding carboxylic acids is 2. The Balaban J connectivity index is 1.78. The molecule has 2 aromatic rings. The monoisotopic (exact) mass is 462 g/mol. The van der Waals surface area contributed by atoms with Gasteiger partial charge in [0.05, 0.1) is 10.4 Å².